The lowest BCUT2D eigenvalue weighted by Crippen LogP contribution is -2.49. The van der Waals surface area contributed by atoms with Crippen molar-refractivity contribution < 1.29 is 9.53 Å². The molecule has 1 aliphatic heterocycles. The van der Waals surface area contributed by atoms with Gasteiger partial charge >= 0.3 is 6.03 Å². The van der Waals surface area contributed by atoms with E-state index >= 15 is 0 Å². The Hall–Kier alpha value is -1.93. The second-order valence-electron chi connectivity index (χ2n) is 6.42. The summed E-state index contributed by atoms with van der Waals surface area (Å²) < 4.78 is 7.43. The van der Waals surface area contributed by atoms with Gasteiger partial charge in [0.2, 0.25) is 0 Å². The summed E-state index contributed by atoms with van der Waals surface area (Å²) in [7, 11) is 3.75. The van der Waals surface area contributed by atoms with Crippen molar-refractivity contribution in [1.29, 1.82) is 0 Å². The van der Waals surface area contributed by atoms with Gasteiger partial charge in [-0.25, -0.2) is 9.78 Å². The third kappa shape index (κ3) is 3.41. The minimum atomic E-state index is -0.118. The topological polar surface area (TPSA) is 63.5 Å². The van der Waals surface area contributed by atoms with E-state index in [1.54, 1.807) is 27.1 Å². The van der Waals surface area contributed by atoms with Gasteiger partial charge in [0.25, 0.3) is 0 Å². The van der Waals surface area contributed by atoms with E-state index in [1.807, 2.05) is 38.9 Å². The van der Waals surface area contributed by atoms with Crippen LogP contribution in [0.1, 0.15) is 40.3 Å². The van der Waals surface area contributed by atoms with E-state index in [4.69, 9.17) is 4.74 Å². The van der Waals surface area contributed by atoms with Crippen LogP contribution in [-0.2, 0) is 11.8 Å². The average molecular weight is 363 g/mol. The predicted octanol–water partition coefficient (Wildman–Crippen LogP) is 2.68. The van der Waals surface area contributed by atoms with Crippen molar-refractivity contribution in [2.45, 2.75) is 32.9 Å². The van der Waals surface area contributed by atoms with Gasteiger partial charge in [-0.1, -0.05) is 0 Å². The van der Waals surface area contributed by atoms with E-state index < -0.39 is 0 Å². The largest absolute Gasteiger partial charge is 0.377 e. The van der Waals surface area contributed by atoms with Crippen molar-refractivity contribution in [2.75, 3.05) is 26.8 Å². The number of thiazole rings is 1. The van der Waals surface area contributed by atoms with E-state index in [0.29, 0.717) is 19.8 Å². The summed E-state index contributed by atoms with van der Waals surface area (Å²) in [6.07, 6.45) is 1.75. The molecule has 0 radical (unpaired) electrons. The molecule has 2 aromatic rings. The van der Waals surface area contributed by atoms with Gasteiger partial charge in [-0.15, -0.1) is 11.3 Å². The minimum absolute atomic E-state index is 0.00690. The molecule has 3 heterocycles. The van der Waals surface area contributed by atoms with Gasteiger partial charge in [0, 0.05) is 31.7 Å². The van der Waals surface area contributed by atoms with Crippen molar-refractivity contribution in [2.24, 2.45) is 7.05 Å². The van der Waals surface area contributed by atoms with Crippen molar-refractivity contribution in [3.63, 3.8) is 0 Å². The first-order valence-electron chi connectivity index (χ1n) is 8.43. The molecule has 1 saturated heterocycles. The number of carbonyl (C=O) groups excluding carboxylic acids is 1. The van der Waals surface area contributed by atoms with Crippen LogP contribution in [0.15, 0.2) is 12.3 Å². The number of rotatable bonds is 3. The van der Waals surface area contributed by atoms with Crippen LogP contribution < -0.4 is 0 Å². The summed E-state index contributed by atoms with van der Waals surface area (Å²) in [5, 5.41) is 5.26. The summed E-state index contributed by atoms with van der Waals surface area (Å²) in [5.41, 5.74) is 1.98. The molecule has 0 aliphatic carbocycles. The summed E-state index contributed by atoms with van der Waals surface area (Å²) in [6, 6.07) is 1.81. The molecule has 0 saturated carbocycles. The molecule has 2 amide bonds. The molecule has 0 N–H and O–H groups in total. The highest BCUT2D eigenvalue weighted by Gasteiger charge is 2.34. The molecule has 2 aromatic heterocycles. The molecule has 3 rings (SSSR count). The number of aromatic nitrogens is 3. The summed E-state index contributed by atoms with van der Waals surface area (Å²) in [4.78, 5) is 22.5. The molecule has 0 aromatic carbocycles. The number of nitrogens with zero attached hydrogens (tertiary/aromatic N) is 5. The van der Waals surface area contributed by atoms with E-state index in [-0.39, 0.29) is 18.1 Å². The molecule has 25 heavy (non-hydrogen) atoms. The number of aryl methyl sites for hydroxylation is 3. The Bertz CT molecular complexity index is 756. The Kier molecular flexibility index (Phi) is 5.10. The van der Waals surface area contributed by atoms with Crippen LogP contribution in [-0.4, -0.2) is 57.4 Å². The van der Waals surface area contributed by atoms with Crippen molar-refractivity contribution in [3.05, 3.63) is 33.5 Å². The number of carbonyl (C=O) groups is 1. The highest BCUT2D eigenvalue weighted by Crippen LogP contribution is 2.31. The maximum Gasteiger partial charge on any atom is 0.321 e. The van der Waals surface area contributed by atoms with E-state index in [9.17, 15) is 4.79 Å². The van der Waals surface area contributed by atoms with Gasteiger partial charge in [0.05, 0.1) is 41.7 Å². The number of morpholine rings is 1. The van der Waals surface area contributed by atoms with Crippen LogP contribution in [0.25, 0.3) is 0 Å². The summed E-state index contributed by atoms with van der Waals surface area (Å²) in [5.74, 6) is 0. The zero-order valence-electron chi connectivity index (χ0n) is 15.4. The highest BCUT2D eigenvalue weighted by molar-refractivity contribution is 7.11. The standard InChI is InChI=1S/C17H25N5O2S/c1-11-16(25-13(3)19-11)12(2)20(4)17(23)22-8-9-24-10-15(22)14-6-7-18-21(14)5/h6-7,12,15H,8-10H2,1-5H3. The van der Waals surface area contributed by atoms with E-state index in [2.05, 4.69) is 17.0 Å². The number of ether oxygens (including phenoxy) is 1. The second-order valence-corrected chi connectivity index (χ2v) is 7.65. The Morgan fingerprint density at radius 2 is 2.24 bits per heavy atom. The third-order valence-electron chi connectivity index (χ3n) is 4.78. The quantitative estimate of drug-likeness (QED) is 0.841. The molecule has 2 unspecified atom stereocenters. The molecular formula is C17H25N5O2S. The molecule has 7 nitrogen and oxygen atoms in total. The monoisotopic (exact) mass is 363 g/mol. The molecule has 0 bridgehead atoms. The molecule has 1 fully saturated rings. The van der Waals surface area contributed by atoms with Crippen LogP contribution in [0.3, 0.4) is 0 Å². The Balaban J connectivity index is 1.82. The fraction of sp³-hybridized carbons (Fsp3) is 0.588. The zero-order valence-corrected chi connectivity index (χ0v) is 16.2. The van der Waals surface area contributed by atoms with E-state index in [1.165, 1.54) is 0 Å². The van der Waals surface area contributed by atoms with E-state index in [0.717, 1.165) is 21.3 Å². The molecule has 2 atom stereocenters. The Labute approximate surface area is 152 Å². The van der Waals surface area contributed by atoms with Crippen LogP contribution >= 0.6 is 11.3 Å². The van der Waals surface area contributed by atoms with Crippen molar-refractivity contribution >= 4 is 17.4 Å². The normalized spacial score (nSPS) is 19.1. The Morgan fingerprint density at radius 3 is 2.84 bits per heavy atom. The molecule has 8 heteroatoms. The van der Waals surface area contributed by atoms with Gasteiger partial charge in [0.15, 0.2) is 0 Å². The molecule has 1 aliphatic rings. The molecule has 0 spiro atoms. The predicted molar refractivity (Wildman–Crippen MR) is 96.6 cm³/mol. The minimum Gasteiger partial charge on any atom is -0.377 e. The fourth-order valence-electron chi connectivity index (χ4n) is 3.27. The maximum absolute atomic E-state index is 13.2. The fourth-order valence-corrected chi connectivity index (χ4v) is 4.29. The molecule has 136 valence electrons. The van der Waals surface area contributed by atoms with Gasteiger partial charge in [0.1, 0.15) is 0 Å². The third-order valence-corrected chi connectivity index (χ3v) is 6.02. The number of hydrogen-bond acceptors (Lipinski definition) is 5. The summed E-state index contributed by atoms with van der Waals surface area (Å²) >= 11 is 1.65. The number of urea groups is 1. The number of amides is 2. The van der Waals surface area contributed by atoms with Crippen molar-refractivity contribution in [1.82, 2.24) is 24.6 Å². The van der Waals surface area contributed by atoms with Crippen LogP contribution in [0.5, 0.6) is 0 Å². The lowest BCUT2D eigenvalue weighted by molar-refractivity contribution is 0.0000205. The second kappa shape index (κ2) is 7.13. The SMILES string of the molecule is Cc1nc(C)c(C(C)N(C)C(=O)N2CCOCC2c2ccnn2C)s1. The van der Waals surface area contributed by atoms with Crippen molar-refractivity contribution in [3.8, 4) is 0 Å². The lowest BCUT2D eigenvalue weighted by Gasteiger charge is -2.39. The van der Waals surface area contributed by atoms with Gasteiger partial charge in [-0.3, -0.25) is 4.68 Å². The highest BCUT2D eigenvalue weighted by atomic mass is 32.1. The summed E-state index contributed by atoms with van der Waals surface area (Å²) in [6.45, 7) is 7.67. The lowest BCUT2D eigenvalue weighted by atomic mass is 10.1. The zero-order chi connectivity index (χ0) is 18.1. The average Bonchev–Trinajstić information content (AvgIpc) is 3.17. The van der Waals surface area contributed by atoms with Crippen LogP contribution in [0.4, 0.5) is 4.79 Å². The van der Waals surface area contributed by atoms with Crippen LogP contribution in [0, 0.1) is 13.8 Å². The van der Waals surface area contributed by atoms with Crippen LogP contribution in [0.2, 0.25) is 0 Å². The maximum atomic E-state index is 13.2. The number of hydrogen-bond donors (Lipinski definition) is 0. The Morgan fingerprint density at radius 1 is 1.48 bits per heavy atom. The first kappa shape index (κ1) is 17.9. The van der Waals surface area contributed by atoms with Gasteiger partial charge < -0.3 is 14.5 Å². The first-order chi connectivity index (χ1) is 11.9. The first-order valence-corrected chi connectivity index (χ1v) is 9.24. The van der Waals surface area contributed by atoms with Gasteiger partial charge in [-0.2, -0.15) is 5.10 Å². The molecular weight excluding hydrogens is 338 g/mol. The smallest absolute Gasteiger partial charge is 0.321 e. The van der Waals surface area contributed by atoms with Gasteiger partial charge in [-0.05, 0) is 26.8 Å².